The molecule has 2 heterocycles. The van der Waals surface area contributed by atoms with Gasteiger partial charge in [0.1, 0.15) is 5.75 Å². The molecule has 120 valence electrons. The maximum atomic E-state index is 5.35. The van der Waals surface area contributed by atoms with Crippen molar-refractivity contribution < 1.29 is 9.26 Å². The number of hydrogen-bond acceptors (Lipinski definition) is 6. The summed E-state index contributed by atoms with van der Waals surface area (Å²) in [6.45, 7) is 1.06. The molecule has 0 saturated carbocycles. The van der Waals surface area contributed by atoms with Crippen molar-refractivity contribution in [1.82, 2.24) is 15.5 Å². The Hall–Kier alpha value is -1.24. The zero-order valence-corrected chi connectivity index (χ0v) is 14.1. The van der Waals surface area contributed by atoms with E-state index >= 15 is 0 Å². The summed E-state index contributed by atoms with van der Waals surface area (Å²) < 4.78 is 10.5. The summed E-state index contributed by atoms with van der Waals surface area (Å²) in [5, 5.41) is 7.54. The smallest absolute Gasteiger partial charge is 0.228 e. The summed E-state index contributed by atoms with van der Waals surface area (Å²) in [5.74, 6) is 4.60. The Morgan fingerprint density at radius 1 is 1.36 bits per heavy atom. The Labute approximate surface area is 140 Å². The molecule has 0 aliphatic carbocycles. The van der Waals surface area contributed by atoms with E-state index in [1.165, 1.54) is 5.75 Å². The standard InChI is InChI=1S/C15H19N3O2S.ClH/c1-19-13-4-2-11(3-5-13)8-14-17-15(20-18-14)9-12-10-21-7-6-16-12;/h2-5,12,16H,6-10H2,1H3;1H. The molecular formula is C15H20ClN3O2S. The van der Waals surface area contributed by atoms with Gasteiger partial charge in [0.25, 0.3) is 0 Å². The molecule has 0 bridgehead atoms. The van der Waals surface area contributed by atoms with E-state index < -0.39 is 0 Å². The first-order valence-electron chi connectivity index (χ1n) is 7.09. The third-order valence-electron chi connectivity index (χ3n) is 3.45. The highest BCUT2D eigenvalue weighted by Gasteiger charge is 2.17. The lowest BCUT2D eigenvalue weighted by Crippen LogP contribution is -2.38. The van der Waals surface area contributed by atoms with Gasteiger partial charge in [-0.05, 0) is 17.7 Å². The minimum atomic E-state index is 0. The van der Waals surface area contributed by atoms with Crippen molar-refractivity contribution in [2.75, 3.05) is 25.2 Å². The summed E-state index contributed by atoms with van der Waals surface area (Å²) >= 11 is 1.97. The second-order valence-corrected chi connectivity index (χ2v) is 6.21. The van der Waals surface area contributed by atoms with E-state index in [-0.39, 0.29) is 12.4 Å². The topological polar surface area (TPSA) is 60.2 Å². The van der Waals surface area contributed by atoms with Crippen LogP contribution in [0.25, 0.3) is 0 Å². The summed E-state index contributed by atoms with van der Waals surface area (Å²) in [6.07, 6.45) is 1.49. The van der Waals surface area contributed by atoms with Crippen LogP contribution in [0.1, 0.15) is 17.3 Å². The first kappa shape index (κ1) is 17.1. The SMILES string of the molecule is COc1ccc(Cc2noc(CC3CSCCN3)n2)cc1.Cl. The van der Waals surface area contributed by atoms with E-state index in [2.05, 4.69) is 15.5 Å². The number of hydrogen-bond donors (Lipinski definition) is 1. The second-order valence-electron chi connectivity index (χ2n) is 5.06. The highest BCUT2D eigenvalue weighted by atomic mass is 35.5. The number of nitrogens with one attached hydrogen (secondary N) is 1. The van der Waals surface area contributed by atoms with Gasteiger partial charge in [-0.3, -0.25) is 0 Å². The largest absolute Gasteiger partial charge is 0.497 e. The van der Waals surface area contributed by atoms with Crippen LogP contribution in [-0.2, 0) is 12.8 Å². The molecule has 22 heavy (non-hydrogen) atoms. The van der Waals surface area contributed by atoms with E-state index in [0.717, 1.165) is 41.7 Å². The molecule has 0 amide bonds. The Bertz CT molecular complexity index is 570. The van der Waals surface area contributed by atoms with Crippen LogP contribution in [-0.4, -0.2) is 41.3 Å². The highest BCUT2D eigenvalue weighted by Crippen LogP contribution is 2.15. The van der Waals surface area contributed by atoms with Crippen LogP contribution in [0.4, 0.5) is 0 Å². The lowest BCUT2D eigenvalue weighted by molar-refractivity contribution is 0.359. The molecule has 7 heteroatoms. The molecule has 3 rings (SSSR count). The summed E-state index contributed by atoms with van der Waals surface area (Å²) in [4.78, 5) is 4.48. The van der Waals surface area contributed by atoms with Crippen LogP contribution in [0.15, 0.2) is 28.8 Å². The monoisotopic (exact) mass is 341 g/mol. The third kappa shape index (κ3) is 4.63. The summed E-state index contributed by atoms with van der Waals surface area (Å²) in [5.41, 5.74) is 1.15. The van der Waals surface area contributed by atoms with Crippen molar-refractivity contribution in [2.45, 2.75) is 18.9 Å². The van der Waals surface area contributed by atoms with Crippen molar-refractivity contribution in [3.05, 3.63) is 41.5 Å². The average molecular weight is 342 g/mol. The van der Waals surface area contributed by atoms with Gasteiger partial charge in [0.05, 0.1) is 7.11 Å². The van der Waals surface area contributed by atoms with E-state index in [9.17, 15) is 0 Å². The van der Waals surface area contributed by atoms with Crippen molar-refractivity contribution in [3.63, 3.8) is 0 Å². The van der Waals surface area contributed by atoms with Gasteiger partial charge < -0.3 is 14.6 Å². The van der Waals surface area contributed by atoms with Crippen LogP contribution >= 0.6 is 24.2 Å². The van der Waals surface area contributed by atoms with Gasteiger partial charge in [0.2, 0.25) is 5.89 Å². The molecule has 1 aromatic heterocycles. The zero-order valence-electron chi connectivity index (χ0n) is 12.4. The molecule has 1 atom stereocenters. The van der Waals surface area contributed by atoms with Crippen LogP contribution in [0.5, 0.6) is 5.75 Å². The van der Waals surface area contributed by atoms with E-state index in [4.69, 9.17) is 9.26 Å². The molecule has 2 aromatic rings. The third-order valence-corrected chi connectivity index (χ3v) is 4.58. The zero-order chi connectivity index (χ0) is 14.5. The number of benzene rings is 1. The average Bonchev–Trinajstić information content (AvgIpc) is 2.96. The van der Waals surface area contributed by atoms with Crippen LogP contribution in [0, 0.1) is 0 Å². The number of nitrogens with zero attached hydrogens (tertiary/aromatic N) is 2. The Morgan fingerprint density at radius 2 is 2.18 bits per heavy atom. The molecule has 5 nitrogen and oxygen atoms in total. The van der Waals surface area contributed by atoms with Crippen LogP contribution in [0.2, 0.25) is 0 Å². The lowest BCUT2D eigenvalue weighted by Gasteiger charge is -2.21. The quantitative estimate of drug-likeness (QED) is 0.900. The molecule has 1 saturated heterocycles. The first-order valence-corrected chi connectivity index (χ1v) is 8.24. The second kappa shape index (κ2) is 8.41. The maximum Gasteiger partial charge on any atom is 0.228 e. The van der Waals surface area contributed by atoms with Crippen molar-refractivity contribution in [2.24, 2.45) is 0 Å². The summed E-state index contributed by atoms with van der Waals surface area (Å²) in [6, 6.07) is 8.37. The Morgan fingerprint density at radius 3 is 2.86 bits per heavy atom. The van der Waals surface area contributed by atoms with Gasteiger partial charge in [-0.15, -0.1) is 12.4 Å². The Kier molecular flexibility index (Phi) is 6.54. The van der Waals surface area contributed by atoms with Crippen LogP contribution in [0.3, 0.4) is 0 Å². The van der Waals surface area contributed by atoms with E-state index in [1.807, 2.05) is 36.0 Å². The van der Waals surface area contributed by atoms with Gasteiger partial charge >= 0.3 is 0 Å². The fourth-order valence-corrected chi connectivity index (χ4v) is 3.28. The van der Waals surface area contributed by atoms with Gasteiger partial charge in [0.15, 0.2) is 5.82 Å². The number of rotatable bonds is 5. The molecule has 0 spiro atoms. The molecule has 1 unspecified atom stereocenters. The highest BCUT2D eigenvalue weighted by molar-refractivity contribution is 7.99. The number of methoxy groups -OCH3 is 1. The first-order chi connectivity index (χ1) is 10.3. The van der Waals surface area contributed by atoms with Gasteiger partial charge in [-0.25, -0.2) is 0 Å². The predicted molar refractivity (Wildman–Crippen MR) is 90.2 cm³/mol. The minimum Gasteiger partial charge on any atom is -0.497 e. The number of halogens is 1. The fraction of sp³-hybridized carbons (Fsp3) is 0.467. The molecule has 1 N–H and O–H groups in total. The van der Waals surface area contributed by atoms with E-state index in [0.29, 0.717) is 12.5 Å². The predicted octanol–water partition coefficient (Wildman–Crippen LogP) is 2.34. The molecular weight excluding hydrogens is 322 g/mol. The Balaban J connectivity index is 0.00000176. The molecule has 1 aromatic carbocycles. The molecule has 1 fully saturated rings. The van der Waals surface area contributed by atoms with Crippen LogP contribution < -0.4 is 10.1 Å². The van der Waals surface area contributed by atoms with Gasteiger partial charge in [-0.2, -0.15) is 16.7 Å². The van der Waals surface area contributed by atoms with Crippen molar-refractivity contribution in [3.8, 4) is 5.75 Å². The number of ether oxygens (including phenoxy) is 1. The fourth-order valence-electron chi connectivity index (χ4n) is 2.33. The summed E-state index contributed by atoms with van der Waals surface area (Å²) in [7, 11) is 1.66. The van der Waals surface area contributed by atoms with Gasteiger partial charge in [0, 0.05) is 36.9 Å². The molecule has 1 aliphatic rings. The van der Waals surface area contributed by atoms with Gasteiger partial charge in [-0.1, -0.05) is 17.3 Å². The number of thioether (sulfide) groups is 1. The van der Waals surface area contributed by atoms with Crippen molar-refractivity contribution >= 4 is 24.2 Å². The minimum absolute atomic E-state index is 0. The van der Waals surface area contributed by atoms with Crippen molar-refractivity contribution in [1.29, 1.82) is 0 Å². The van der Waals surface area contributed by atoms with E-state index in [1.54, 1.807) is 7.11 Å². The normalized spacial score (nSPS) is 17.8. The maximum absolute atomic E-state index is 5.35. The molecule has 0 radical (unpaired) electrons. The molecule has 1 aliphatic heterocycles. The lowest BCUT2D eigenvalue weighted by atomic mass is 10.1. The number of aromatic nitrogens is 2.